The third kappa shape index (κ3) is 4.73. The van der Waals surface area contributed by atoms with Gasteiger partial charge in [0.1, 0.15) is 5.82 Å². The number of hydrogen-bond acceptors (Lipinski definition) is 4. The number of carbonyl (C=O) groups excluding carboxylic acids is 1. The van der Waals surface area contributed by atoms with Crippen molar-refractivity contribution in [3.05, 3.63) is 52.7 Å². The van der Waals surface area contributed by atoms with Crippen molar-refractivity contribution in [3.8, 4) is 17.2 Å². The molecule has 0 aliphatic rings. The minimum atomic E-state index is -0.0709. The molecule has 0 aliphatic heterocycles. The molecule has 0 saturated heterocycles. The molecular weight excluding hydrogens is 336 g/mol. The van der Waals surface area contributed by atoms with Crippen molar-refractivity contribution in [2.24, 2.45) is 0 Å². The van der Waals surface area contributed by atoms with E-state index in [1.165, 1.54) is 0 Å². The number of nitrogen functional groups attached to an aromatic ring is 1. The Hall–Kier alpha value is -3.13. The third-order valence-corrected chi connectivity index (χ3v) is 4.76. The summed E-state index contributed by atoms with van der Waals surface area (Å²) in [6.45, 7) is 8.49. The normalized spacial score (nSPS) is 11.5. The van der Waals surface area contributed by atoms with Gasteiger partial charge in [-0.1, -0.05) is 13.3 Å². The van der Waals surface area contributed by atoms with Gasteiger partial charge in [-0.25, -0.2) is 4.98 Å². The Labute approximate surface area is 160 Å². The fraction of sp³-hybridized carbons (Fsp3) is 0.318. The summed E-state index contributed by atoms with van der Waals surface area (Å²) in [6.07, 6.45) is 3.69. The van der Waals surface area contributed by atoms with Crippen LogP contribution in [-0.4, -0.2) is 17.4 Å². The molecule has 0 radical (unpaired) electrons. The van der Waals surface area contributed by atoms with Gasteiger partial charge in [0, 0.05) is 23.9 Å². The van der Waals surface area contributed by atoms with Crippen molar-refractivity contribution in [1.82, 2.24) is 10.3 Å². The Bertz CT molecular complexity index is 905. The Morgan fingerprint density at radius 2 is 2.04 bits per heavy atom. The maximum atomic E-state index is 12.4. The first-order valence-electron chi connectivity index (χ1n) is 9.11. The molecule has 1 aromatic carbocycles. The lowest BCUT2D eigenvalue weighted by atomic mass is 9.90. The maximum absolute atomic E-state index is 12.4. The number of nitriles is 1. The van der Waals surface area contributed by atoms with E-state index >= 15 is 0 Å². The molecular formula is C22H26N4O. The number of amides is 1. The zero-order chi connectivity index (χ0) is 20.0. The van der Waals surface area contributed by atoms with Crippen LogP contribution in [0.2, 0.25) is 0 Å². The average Bonchev–Trinajstić information content (AvgIpc) is 2.68. The summed E-state index contributed by atoms with van der Waals surface area (Å²) in [5, 5.41) is 12.4. The molecule has 0 bridgehead atoms. The number of carbonyl (C=O) groups is 1. The van der Waals surface area contributed by atoms with Crippen molar-refractivity contribution in [2.75, 3.05) is 12.3 Å². The predicted octanol–water partition coefficient (Wildman–Crippen LogP) is 4.22. The SMILES string of the molecule is CCCCNC(=O)/C(C)=C(\C)c1cc(C#N)cc(-c2ccc(N)nc2)c1C. The van der Waals surface area contributed by atoms with Gasteiger partial charge in [0.2, 0.25) is 5.91 Å². The molecule has 1 heterocycles. The molecule has 0 unspecified atom stereocenters. The van der Waals surface area contributed by atoms with Gasteiger partial charge in [-0.2, -0.15) is 5.26 Å². The van der Waals surface area contributed by atoms with E-state index in [1.54, 1.807) is 12.3 Å². The highest BCUT2D eigenvalue weighted by Crippen LogP contribution is 2.32. The number of pyridine rings is 1. The first-order valence-corrected chi connectivity index (χ1v) is 9.11. The second-order valence-electron chi connectivity index (χ2n) is 6.64. The molecule has 140 valence electrons. The van der Waals surface area contributed by atoms with E-state index in [9.17, 15) is 10.1 Å². The lowest BCUT2D eigenvalue weighted by molar-refractivity contribution is -0.117. The van der Waals surface area contributed by atoms with Crippen molar-refractivity contribution < 1.29 is 4.79 Å². The number of benzene rings is 1. The molecule has 0 spiro atoms. The number of nitrogens with one attached hydrogen (secondary N) is 1. The number of allylic oxidation sites excluding steroid dienone is 1. The van der Waals surface area contributed by atoms with Crippen LogP contribution in [0.4, 0.5) is 5.82 Å². The van der Waals surface area contributed by atoms with Crippen LogP contribution >= 0.6 is 0 Å². The van der Waals surface area contributed by atoms with Crippen LogP contribution in [0.15, 0.2) is 36.0 Å². The Morgan fingerprint density at radius 3 is 2.63 bits per heavy atom. The highest BCUT2D eigenvalue weighted by Gasteiger charge is 2.15. The zero-order valence-electron chi connectivity index (χ0n) is 16.4. The molecule has 1 amide bonds. The van der Waals surface area contributed by atoms with Crippen LogP contribution in [0.1, 0.15) is 50.3 Å². The maximum Gasteiger partial charge on any atom is 0.247 e. The number of aromatic nitrogens is 1. The average molecular weight is 362 g/mol. The first kappa shape index (κ1) is 20.2. The van der Waals surface area contributed by atoms with E-state index < -0.39 is 0 Å². The van der Waals surface area contributed by atoms with Gasteiger partial charge in [-0.05, 0) is 73.7 Å². The van der Waals surface area contributed by atoms with E-state index in [4.69, 9.17) is 5.73 Å². The number of rotatable bonds is 6. The Balaban J connectivity index is 2.51. The quantitative estimate of drug-likeness (QED) is 0.594. The smallest absolute Gasteiger partial charge is 0.247 e. The van der Waals surface area contributed by atoms with E-state index in [1.807, 2.05) is 39.0 Å². The summed E-state index contributed by atoms with van der Waals surface area (Å²) in [4.78, 5) is 16.6. The van der Waals surface area contributed by atoms with Crippen molar-refractivity contribution in [2.45, 2.75) is 40.5 Å². The minimum absolute atomic E-state index is 0.0709. The molecule has 2 rings (SSSR count). The summed E-state index contributed by atoms with van der Waals surface area (Å²) in [5.41, 5.74) is 11.4. The highest BCUT2D eigenvalue weighted by molar-refractivity contribution is 6.01. The summed E-state index contributed by atoms with van der Waals surface area (Å²) < 4.78 is 0. The van der Waals surface area contributed by atoms with Crippen LogP contribution in [0.3, 0.4) is 0 Å². The Morgan fingerprint density at radius 1 is 1.30 bits per heavy atom. The van der Waals surface area contributed by atoms with Gasteiger partial charge in [0.25, 0.3) is 0 Å². The number of hydrogen-bond donors (Lipinski definition) is 2. The second-order valence-corrected chi connectivity index (χ2v) is 6.64. The van der Waals surface area contributed by atoms with Crippen molar-refractivity contribution in [1.29, 1.82) is 5.26 Å². The summed E-state index contributed by atoms with van der Waals surface area (Å²) in [7, 11) is 0. The van der Waals surface area contributed by atoms with Gasteiger partial charge in [-0.15, -0.1) is 0 Å². The van der Waals surface area contributed by atoms with Crippen LogP contribution < -0.4 is 11.1 Å². The standard InChI is InChI=1S/C22H26N4O/c1-5-6-9-25-22(27)15(3)14(2)19-10-17(12-23)11-20(16(19)4)18-7-8-21(24)26-13-18/h7-8,10-11,13H,5-6,9H2,1-4H3,(H2,24,26)(H,25,27)/b15-14+. The van der Waals surface area contributed by atoms with Gasteiger partial charge >= 0.3 is 0 Å². The summed E-state index contributed by atoms with van der Waals surface area (Å²) in [5.74, 6) is 0.377. The minimum Gasteiger partial charge on any atom is -0.384 e. The fourth-order valence-electron chi connectivity index (χ4n) is 2.92. The van der Waals surface area contributed by atoms with Gasteiger partial charge < -0.3 is 11.1 Å². The van der Waals surface area contributed by atoms with E-state index in [2.05, 4.69) is 23.3 Å². The topological polar surface area (TPSA) is 91.8 Å². The molecule has 2 aromatic rings. The number of anilines is 1. The largest absolute Gasteiger partial charge is 0.384 e. The van der Waals surface area contributed by atoms with Crippen molar-refractivity contribution in [3.63, 3.8) is 0 Å². The molecule has 0 aliphatic carbocycles. The van der Waals surface area contributed by atoms with E-state index in [0.717, 1.165) is 40.7 Å². The van der Waals surface area contributed by atoms with Crippen LogP contribution in [0.5, 0.6) is 0 Å². The number of nitrogens with two attached hydrogens (primary N) is 1. The van der Waals surface area contributed by atoms with Crippen LogP contribution in [0, 0.1) is 18.3 Å². The number of nitrogens with zero attached hydrogens (tertiary/aromatic N) is 2. The molecule has 5 heteroatoms. The first-order chi connectivity index (χ1) is 12.9. The van der Waals surface area contributed by atoms with E-state index in [-0.39, 0.29) is 5.91 Å². The molecule has 27 heavy (non-hydrogen) atoms. The highest BCUT2D eigenvalue weighted by atomic mass is 16.1. The van der Waals surface area contributed by atoms with Gasteiger partial charge in [-0.3, -0.25) is 4.79 Å². The Kier molecular flexibility index (Phi) is 6.73. The molecule has 0 fully saturated rings. The van der Waals surface area contributed by atoms with Crippen molar-refractivity contribution >= 4 is 17.3 Å². The lowest BCUT2D eigenvalue weighted by Gasteiger charge is -2.15. The van der Waals surface area contributed by atoms with Crippen LogP contribution in [-0.2, 0) is 4.79 Å². The zero-order valence-corrected chi connectivity index (χ0v) is 16.4. The van der Waals surface area contributed by atoms with E-state index in [0.29, 0.717) is 23.5 Å². The summed E-state index contributed by atoms with van der Waals surface area (Å²) in [6, 6.07) is 9.52. The molecule has 0 saturated carbocycles. The number of unbranched alkanes of at least 4 members (excludes halogenated alkanes) is 1. The second kappa shape index (κ2) is 9.00. The predicted molar refractivity (Wildman–Crippen MR) is 110 cm³/mol. The van der Waals surface area contributed by atoms with Gasteiger partial charge in [0.15, 0.2) is 0 Å². The third-order valence-electron chi connectivity index (χ3n) is 4.76. The summed E-state index contributed by atoms with van der Waals surface area (Å²) >= 11 is 0. The molecule has 1 aromatic heterocycles. The van der Waals surface area contributed by atoms with Gasteiger partial charge in [0.05, 0.1) is 11.6 Å². The molecule has 5 nitrogen and oxygen atoms in total. The van der Waals surface area contributed by atoms with Crippen LogP contribution in [0.25, 0.3) is 16.7 Å². The molecule has 3 N–H and O–H groups in total. The fourth-order valence-corrected chi connectivity index (χ4v) is 2.92. The monoisotopic (exact) mass is 362 g/mol. The molecule has 0 atom stereocenters. The lowest BCUT2D eigenvalue weighted by Crippen LogP contribution is -2.25.